The highest BCUT2D eigenvalue weighted by Gasteiger charge is 2.17. The number of aryl methyl sites for hydroxylation is 2. The molecule has 7 heteroatoms. The number of halogens is 3. The largest absolute Gasteiger partial charge is 0.478 e. The second-order valence-electron chi connectivity index (χ2n) is 4.90. The normalized spacial score (nSPS) is 11.1. The van der Waals surface area contributed by atoms with Gasteiger partial charge in [-0.15, -0.1) is 11.3 Å². The second-order valence-corrected chi connectivity index (χ2v) is 5.99. The molecule has 2 aromatic carbocycles. The number of hydrogen-bond acceptors (Lipinski definition) is 3. The Hall–Kier alpha value is -2.41. The van der Waals surface area contributed by atoms with Gasteiger partial charge in [0, 0.05) is 12.5 Å². The fraction of sp³-hybridized carbons (Fsp3) is 0.125. The van der Waals surface area contributed by atoms with Crippen molar-refractivity contribution < 1.29 is 23.1 Å². The molecular formula is C16H10F3NO2S. The van der Waals surface area contributed by atoms with E-state index in [1.807, 2.05) is 0 Å². The van der Waals surface area contributed by atoms with Crippen molar-refractivity contribution in [3.8, 4) is 0 Å². The number of carboxylic acid groups (broad SMARTS) is 1. The van der Waals surface area contributed by atoms with E-state index in [0.717, 1.165) is 11.3 Å². The molecule has 1 heterocycles. The number of thiazole rings is 1. The number of aromatic nitrogens is 1. The smallest absolute Gasteiger partial charge is 0.335 e. The number of carbonyl (C=O) groups is 1. The third-order valence-corrected chi connectivity index (χ3v) is 4.54. The summed E-state index contributed by atoms with van der Waals surface area (Å²) in [5.41, 5.74) is 0.456. The summed E-state index contributed by atoms with van der Waals surface area (Å²) < 4.78 is 40.5. The Kier molecular flexibility index (Phi) is 4.04. The Balaban J connectivity index is 1.90. The standard InChI is InChI=1S/C16H10F3NO2S/c17-10-7-11(18)15-14(13(10)19)20-12(23-15)6-5-8-3-1-2-4-9(8)16(21)22/h1-4,7H,5-6H2,(H,21,22). The zero-order valence-electron chi connectivity index (χ0n) is 11.6. The van der Waals surface area contributed by atoms with Crippen molar-refractivity contribution >= 4 is 27.5 Å². The van der Waals surface area contributed by atoms with Gasteiger partial charge in [-0.25, -0.2) is 22.9 Å². The Morgan fingerprint density at radius 3 is 2.61 bits per heavy atom. The number of nitrogens with zero attached hydrogens (tertiary/aromatic N) is 1. The van der Waals surface area contributed by atoms with E-state index in [1.54, 1.807) is 18.2 Å². The molecule has 3 rings (SSSR count). The maximum absolute atomic E-state index is 13.7. The van der Waals surface area contributed by atoms with Gasteiger partial charge in [-0.05, 0) is 18.1 Å². The predicted molar refractivity (Wildman–Crippen MR) is 80.3 cm³/mol. The molecule has 0 saturated heterocycles. The Morgan fingerprint density at radius 1 is 1.13 bits per heavy atom. The van der Waals surface area contributed by atoms with Crippen molar-refractivity contribution in [1.82, 2.24) is 4.98 Å². The minimum atomic E-state index is -1.27. The van der Waals surface area contributed by atoms with Crippen LogP contribution in [0.5, 0.6) is 0 Å². The molecule has 0 aliphatic rings. The molecule has 0 amide bonds. The van der Waals surface area contributed by atoms with E-state index < -0.39 is 23.4 Å². The van der Waals surface area contributed by atoms with Crippen molar-refractivity contribution in [2.45, 2.75) is 12.8 Å². The van der Waals surface area contributed by atoms with Crippen LogP contribution in [0.4, 0.5) is 13.2 Å². The van der Waals surface area contributed by atoms with E-state index in [4.69, 9.17) is 5.11 Å². The summed E-state index contributed by atoms with van der Waals surface area (Å²) in [5, 5.41) is 9.55. The molecule has 118 valence electrons. The lowest BCUT2D eigenvalue weighted by Crippen LogP contribution is -2.03. The number of aromatic carboxylic acids is 1. The predicted octanol–water partition coefficient (Wildman–Crippen LogP) is 4.20. The first-order valence-corrected chi connectivity index (χ1v) is 7.53. The molecule has 0 unspecified atom stereocenters. The zero-order chi connectivity index (χ0) is 16.6. The maximum atomic E-state index is 13.7. The van der Waals surface area contributed by atoms with Crippen LogP contribution in [0.1, 0.15) is 20.9 Å². The number of fused-ring (bicyclic) bond motifs is 1. The Morgan fingerprint density at radius 2 is 1.87 bits per heavy atom. The summed E-state index contributed by atoms with van der Waals surface area (Å²) in [4.78, 5) is 15.1. The minimum absolute atomic E-state index is 0.0366. The Bertz CT molecular complexity index is 908. The highest BCUT2D eigenvalue weighted by atomic mass is 32.1. The molecule has 0 radical (unpaired) electrons. The van der Waals surface area contributed by atoms with Crippen molar-refractivity contribution in [3.63, 3.8) is 0 Å². The highest BCUT2D eigenvalue weighted by Crippen LogP contribution is 2.29. The van der Waals surface area contributed by atoms with Crippen molar-refractivity contribution in [3.05, 3.63) is 63.9 Å². The van der Waals surface area contributed by atoms with Crippen molar-refractivity contribution in [2.75, 3.05) is 0 Å². The average molecular weight is 337 g/mol. The molecule has 23 heavy (non-hydrogen) atoms. The first-order valence-electron chi connectivity index (χ1n) is 6.71. The average Bonchev–Trinajstić information content (AvgIpc) is 2.96. The molecule has 0 aliphatic carbocycles. The van der Waals surface area contributed by atoms with E-state index in [0.29, 0.717) is 29.5 Å². The Labute approximate surface area is 133 Å². The highest BCUT2D eigenvalue weighted by molar-refractivity contribution is 7.18. The first kappa shape index (κ1) is 15.5. The molecule has 0 fully saturated rings. The van der Waals surface area contributed by atoms with Gasteiger partial charge in [0.15, 0.2) is 11.6 Å². The summed E-state index contributed by atoms with van der Waals surface area (Å²) in [6.45, 7) is 0. The van der Waals surface area contributed by atoms with E-state index >= 15 is 0 Å². The molecule has 0 aliphatic heterocycles. The molecule has 0 saturated carbocycles. The molecular weight excluding hydrogens is 327 g/mol. The summed E-state index contributed by atoms with van der Waals surface area (Å²) in [6, 6.07) is 7.01. The lowest BCUT2D eigenvalue weighted by Gasteiger charge is -2.03. The van der Waals surface area contributed by atoms with Crippen LogP contribution in [0.2, 0.25) is 0 Å². The third-order valence-electron chi connectivity index (χ3n) is 3.42. The van der Waals surface area contributed by atoms with E-state index in [2.05, 4.69) is 4.98 Å². The maximum Gasteiger partial charge on any atom is 0.335 e. The zero-order valence-corrected chi connectivity index (χ0v) is 12.5. The van der Waals surface area contributed by atoms with Crippen molar-refractivity contribution in [2.24, 2.45) is 0 Å². The number of carboxylic acids is 1. The van der Waals surface area contributed by atoms with Crippen LogP contribution in [0.3, 0.4) is 0 Å². The fourth-order valence-corrected chi connectivity index (χ4v) is 3.29. The van der Waals surface area contributed by atoms with Crippen LogP contribution in [0.15, 0.2) is 30.3 Å². The van der Waals surface area contributed by atoms with Gasteiger partial charge in [0.1, 0.15) is 11.3 Å². The van der Waals surface area contributed by atoms with Crippen molar-refractivity contribution in [1.29, 1.82) is 0 Å². The van der Waals surface area contributed by atoms with Gasteiger partial charge in [-0.1, -0.05) is 18.2 Å². The van der Waals surface area contributed by atoms with Crippen LogP contribution in [-0.2, 0) is 12.8 Å². The van der Waals surface area contributed by atoms with Crippen LogP contribution >= 0.6 is 11.3 Å². The van der Waals surface area contributed by atoms with Gasteiger partial charge in [-0.3, -0.25) is 0 Å². The van der Waals surface area contributed by atoms with Gasteiger partial charge in [0.2, 0.25) is 0 Å². The molecule has 1 N–H and O–H groups in total. The van der Waals surface area contributed by atoms with Gasteiger partial charge in [0.25, 0.3) is 0 Å². The topological polar surface area (TPSA) is 50.2 Å². The van der Waals surface area contributed by atoms with Gasteiger partial charge < -0.3 is 5.11 Å². The minimum Gasteiger partial charge on any atom is -0.478 e. The van der Waals surface area contributed by atoms with Crippen LogP contribution in [-0.4, -0.2) is 16.1 Å². The molecule has 3 aromatic rings. The number of hydrogen-bond donors (Lipinski definition) is 1. The lowest BCUT2D eigenvalue weighted by atomic mass is 10.0. The van der Waals surface area contributed by atoms with Crippen LogP contribution < -0.4 is 0 Å². The molecule has 1 aromatic heterocycles. The van der Waals surface area contributed by atoms with E-state index in [1.165, 1.54) is 6.07 Å². The second kappa shape index (κ2) is 6.00. The molecule has 0 spiro atoms. The van der Waals surface area contributed by atoms with E-state index in [9.17, 15) is 18.0 Å². The SMILES string of the molecule is O=C(O)c1ccccc1CCc1nc2c(F)c(F)cc(F)c2s1. The quantitative estimate of drug-likeness (QED) is 0.726. The fourth-order valence-electron chi connectivity index (χ4n) is 2.32. The van der Waals surface area contributed by atoms with Gasteiger partial charge in [0.05, 0.1) is 15.3 Å². The summed E-state index contributed by atoms with van der Waals surface area (Å²) in [5.74, 6) is -4.34. The lowest BCUT2D eigenvalue weighted by molar-refractivity contribution is 0.0695. The first-order chi connectivity index (χ1) is 11.0. The summed E-state index contributed by atoms with van der Waals surface area (Å²) >= 11 is 0.940. The summed E-state index contributed by atoms with van der Waals surface area (Å²) in [6.07, 6.45) is 0.665. The molecule has 0 atom stereocenters. The van der Waals surface area contributed by atoms with E-state index in [-0.39, 0.29) is 15.8 Å². The third kappa shape index (κ3) is 2.92. The summed E-state index contributed by atoms with van der Waals surface area (Å²) in [7, 11) is 0. The molecule has 3 nitrogen and oxygen atoms in total. The van der Waals surface area contributed by atoms with Crippen LogP contribution in [0.25, 0.3) is 10.2 Å². The number of rotatable bonds is 4. The molecule has 0 bridgehead atoms. The van der Waals surface area contributed by atoms with Gasteiger partial charge >= 0.3 is 5.97 Å². The van der Waals surface area contributed by atoms with Gasteiger partial charge in [-0.2, -0.15) is 0 Å². The number of benzene rings is 2. The monoisotopic (exact) mass is 337 g/mol. The van der Waals surface area contributed by atoms with Crippen LogP contribution in [0, 0.1) is 17.5 Å².